The lowest BCUT2D eigenvalue weighted by Gasteiger charge is -2.34. The fraction of sp³-hybridized carbons (Fsp3) is 0.467. The molecule has 0 aliphatic heterocycles. The summed E-state index contributed by atoms with van der Waals surface area (Å²) in [6.07, 6.45) is -1.95. The van der Waals surface area contributed by atoms with E-state index in [1.807, 2.05) is 0 Å². The van der Waals surface area contributed by atoms with Gasteiger partial charge in [0.25, 0.3) is 0 Å². The number of rotatable bonds is 4. The third kappa shape index (κ3) is 3.75. The van der Waals surface area contributed by atoms with Crippen LogP contribution in [0.2, 0.25) is 0 Å². The van der Waals surface area contributed by atoms with Crippen molar-refractivity contribution in [3.8, 4) is 6.07 Å². The van der Waals surface area contributed by atoms with Crippen molar-refractivity contribution in [1.82, 2.24) is 5.32 Å². The normalized spacial score (nSPS) is 16.7. The Balaban J connectivity index is 2.24. The summed E-state index contributed by atoms with van der Waals surface area (Å²) in [6.45, 7) is 0. The van der Waals surface area contributed by atoms with E-state index in [-0.39, 0.29) is 12.3 Å². The zero-order valence-corrected chi connectivity index (χ0v) is 11.3. The fourth-order valence-corrected chi connectivity index (χ4v) is 2.45. The second kappa shape index (κ2) is 6.17. The number of nitrogens with one attached hydrogen (secondary N) is 1. The number of hydrogen-bond donors (Lipinski definition) is 1. The summed E-state index contributed by atoms with van der Waals surface area (Å²) in [4.78, 5) is 11.6. The molecule has 1 saturated carbocycles. The van der Waals surface area contributed by atoms with Crippen LogP contribution in [0.25, 0.3) is 0 Å². The first-order chi connectivity index (χ1) is 9.91. The molecule has 1 unspecified atom stereocenters. The summed E-state index contributed by atoms with van der Waals surface area (Å²) in [7, 11) is 0. The number of hydrogen-bond acceptors (Lipinski definition) is 2. The van der Waals surface area contributed by atoms with E-state index in [0.29, 0.717) is 5.56 Å². The molecular weight excluding hydrogens is 281 g/mol. The summed E-state index contributed by atoms with van der Waals surface area (Å²) < 4.78 is 38.3. The second-order valence-corrected chi connectivity index (χ2v) is 5.19. The van der Waals surface area contributed by atoms with Crippen LogP contribution in [0.3, 0.4) is 0 Å². The van der Waals surface area contributed by atoms with Crippen LogP contribution < -0.4 is 5.32 Å². The van der Waals surface area contributed by atoms with Gasteiger partial charge in [0.05, 0.1) is 17.7 Å². The van der Waals surface area contributed by atoms with Crippen LogP contribution in [0, 0.1) is 17.2 Å². The third-order valence-corrected chi connectivity index (χ3v) is 3.75. The molecule has 3 nitrogen and oxygen atoms in total. The van der Waals surface area contributed by atoms with Crippen LogP contribution in [-0.4, -0.2) is 5.91 Å². The molecule has 0 spiro atoms. The van der Waals surface area contributed by atoms with Crippen LogP contribution in [-0.2, 0) is 11.0 Å². The Morgan fingerprint density at radius 1 is 1.43 bits per heavy atom. The first-order valence-corrected chi connectivity index (χ1v) is 6.75. The molecule has 1 fully saturated rings. The maximum absolute atomic E-state index is 12.8. The molecule has 6 heteroatoms. The lowest BCUT2D eigenvalue weighted by atomic mass is 9.77. The van der Waals surface area contributed by atoms with Gasteiger partial charge in [-0.1, -0.05) is 18.6 Å². The summed E-state index contributed by atoms with van der Waals surface area (Å²) in [5, 5.41) is 11.2. The highest BCUT2D eigenvalue weighted by Gasteiger charge is 2.33. The molecule has 21 heavy (non-hydrogen) atoms. The molecule has 1 amide bonds. The lowest BCUT2D eigenvalue weighted by Crippen LogP contribution is -2.36. The molecule has 1 aromatic rings. The molecule has 0 bridgehead atoms. The van der Waals surface area contributed by atoms with E-state index in [0.717, 1.165) is 31.4 Å². The van der Waals surface area contributed by atoms with Crippen molar-refractivity contribution in [2.24, 2.45) is 5.92 Å². The molecule has 1 aromatic carbocycles. The van der Waals surface area contributed by atoms with E-state index in [9.17, 15) is 18.0 Å². The predicted octanol–water partition coefficient (Wildman–Crippen LogP) is 3.58. The van der Waals surface area contributed by atoms with Crippen molar-refractivity contribution in [3.05, 3.63) is 35.4 Å². The van der Waals surface area contributed by atoms with Gasteiger partial charge < -0.3 is 5.32 Å². The Morgan fingerprint density at radius 3 is 2.67 bits per heavy atom. The molecule has 0 aromatic heterocycles. The van der Waals surface area contributed by atoms with Crippen LogP contribution in [0.1, 0.15) is 42.9 Å². The van der Waals surface area contributed by atoms with E-state index in [1.165, 1.54) is 6.07 Å². The Kier molecular flexibility index (Phi) is 4.51. The number of benzene rings is 1. The van der Waals surface area contributed by atoms with E-state index < -0.39 is 23.7 Å². The predicted molar refractivity (Wildman–Crippen MR) is 69.9 cm³/mol. The van der Waals surface area contributed by atoms with Gasteiger partial charge in [-0.2, -0.15) is 18.4 Å². The molecule has 1 aliphatic carbocycles. The van der Waals surface area contributed by atoms with E-state index in [2.05, 4.69) is 5.32 Å². The molecule has 112 valence electrons. The van der Waals surface area contributed by atoms with Crippen molar-refractivity contribution < 1.29 is 18.0 Å². The van der Waals surface area contributed by atoms with Gasteiger partial charge in [0.1, 0.15) is 6.42 Å². The van der Waals surface area contributed by atoms with Gasteiger partial charge in [0, 0.05) is 0 Å². The molecule has 0 saturated heterocycles. The average Bonchev–Trinajstić information content (AvgIpc) is 2.35. The zero-order chi connectivity index (χ0) is 15.5. The van der Waals surface area contributed by atoms with Crippen molar-refractivity contribution in [3.63, 3.8) is 0 Å². The van der Waals surface area contributed by atoms with Gasteiger partial charge in [-0.25, -0.2) is 0 Å². The smallest absolute Gasteiger partial charge is 0.348 e. The van der Waals surface area contributed by atoms with E-state index in [1.54, 1.807) is 12.1 Å². The fourth-order valence-electron chi connectivity index (χ4n) is 2.45. The summed E-state index contributed by atoms with van der Waals surface area (Å²) in [5.74, 6) is -0.317. The Morgan fingerprint density at radius 2 is 2.14 bits per heavy atom. The first-order valence-electron chi connectivity index (χ1n) is 6.75. The highest BCUT2D eigenvalue weighted by molar-refractivity contribution is 5.78. The van der Waals surface area contributed by atoms with Crippen molar-refractivity contribution >= 4 is 5.91 Å². The van der Waals surface area contributed by atoms with Gasteiger partial charge in [0.2, 0.25) is 5.91 Å². The number of alkyl halides is 3. The van der Waals surface area contributed by atoms with Crippen LogP contribution in [0.4, 0.5) is 13.2 Å². The third-order valence-electron chi connectivity index (χ3n) is 3.75. The van der Waals surface area contributed by atoms with Crippen LogP contribution >= 0.6 is 0 Å². The van der Waals surface area contributed by atoms with E-state index >= 15 is 0 Å². The number of amides is 1. The second-order valence-electron chi connectivity index (χ2n) is 5.19. The summed E-state index contributed by atoms with van der Waals surface area (Å²) in [5.41, 5.74) is -0.278. The maximum Gasteiger partial charge on any atom is 0.416 e. The molecule has 1 atom stereocenters. The topological polar surface area (TPSA) is 52.9 Å². The monoisotopic (exact) mass is 296 g/mol. The molecule has 1 aliphatic rings. The average molecular weight is 296 g/mol. The van der Waals surface area contributed by atoms with E-state index in [4.69, 9.17) is 5.26 Å². The molecule has 0 heterocycles. The van der Waals surface area contributed by atoms with Gasteiger partial charge in [-0.3, -0.25) is 4.79 Å². The van der Waals surface area contributed by atoms with Gasteiger partial charge >= 0.3 is 6.18 Å². The lowest BCUT2D eigenvalue weighted by molar-refractivity contribution is -0.137. The minimum absolute atomic E-state index is 0.135. The van der Waals surface area contributed by atoms with Crippen molar-refractivity contribution in [2.75, 3.05) is 0 Å². The standard InChI is InChI=1S/C15H15F3N2O/c16-15(17,18)12-6-2-5-11(9-12)14(10-3-1-4-10)20-13(21)7-8-19/h2,5-6,9-10,14H,1,3-4,7H2,(H,20,21). The maximum atomic E-state index is 12.8. The highest BCUT2D eigenvalue weighted by Crippen LogP contribution is 2.39. The number of nitrogens with zero attached hydrogens (tertiary/aromatic N) is 1. The molecule has 0 radical (unpaired) electrons. The minimum Gasteiger partial charge on any atom is -0.348 e. The zero-order valence-electron chi connectivity index (χ0n) is 11.3. The van der Waals surface area contributed by atoms with Crippen molar-refractivity contribution in [1.29, 1.82) is 5.26 Å². The minimum atomic E-state index is -4.41. The number of nitriles is 1. The van der Waals surface area contributed by atoms with Gasteiger partial charge in [-0.15, -0.1) is 0 Å². The molecular formula is C15H15F3N2O. The van der Waals surface area contributed by atoms with Gasteiger partial charge in [0.15, 0.2) is 0 Å². The van der Waals surface area contributed by atoms with Crippen LogP contribution in [0.15, 0.2) is 24.3 Å². The Labute approximate surface area is 120 Å². The first kappa shape index (κ1) is 15.4. The summed E-state index contributed by atoms with van der Waals surface area (Å²) >= 11 is 0. The summed E-state index contributed by atoms with van der Waals surface area (Å²) in [6, 6.07) is 6.31. The molecule has 2 rings (SSSR count). The highest BCUT2D eigenvalue weighted by atomic mass is 19.4. The Hall–Kier alpha value is -2.03. The van der Waals surface area contributed by atoms with Crippen LogP contribution in [0.5, 0.6) is 0 Å². The number of halogens is 3. The number of carbonyl (C=O) groups is 1. The number of carbonyl (C=O) groups excluding carboxylic acids is 1. The van der Waals surface area contributed by atoms with Crippen molar-refractivity contribution in [2.45, 2.75) is 37.9 Å². The molecule has 1 N–H and O–H groups in total. The van der Waals surface area contributed by atoms with Gasteiger partial charge in [-0.05, 0) is 36.5 Å². The SMILES string of the molecule is N#CCC(=O)NC(c1cccc(C(F)(F)F)c1)C1CCC1. The Bertz CT molecular complexity index is 559. The quantitative estimate of drug-likeness (QED) is 0.923. The largest absolute Gasteiger partial charge is 0.416 e.